The lowest BCUT2D eigenvalue weighted by Crippen LogP contribution is -2.59. The fourth-order valence-electron chi connectivity index (χ4n) is 4.44. The van der Waals surface area contributed by atoms with E-state index in [9.17, 15) is 31.5 Å². The highest BCUT2D eigenvalue weighted by molar-refractivity contribution is 7.93. The van der Waals surface area contributed by atoms with Crippen LogP contribution in [0.2, 0.25) is 0 Å². The molecule has 0 aromatic heterocycles. The van der Waals surface area contributed by atoms with Gasteiger partial charge >= 0.3 is 12.3 Å². The topological polar surface area (TPSA) is 102 Å². The third-order valence-electron chi connectivity index (χ3n) is 5.60. The molecule has 3 aliphatic heterocycles. The fourth-order valence-corrected chi connectivity index (χ4v) is 6.83. The van der Waals surface area contributed by atoms with Gasteiger partial charge in [0, 0.05) is 24.9 Å². The van der Waals surface area contributed by atoms with Crippen molar-refractivity contribution in [1.29, 1.82) is 5.26 Å². The van der Waals surface area contributed by atoms with Crippen LogP contribution >= 0.6 is 0 Å². The van der Waals surface area contributed by atoms with Crippen molar-refractivity contribution in [2.24, 2.45) is 11.8 Å². The fraction of sp³-hybridized carbons (Fsp3) is 0.412. The van der Waals surface area contributed by atoms with Crippen LogP contribution in [0.3, 0.4) is 0 Å². The van der Waals surface area contributed by atoms with Crippen molar-refractivity contribution in [1.82, 2.24) is 4.90 Å². The van der Waals surface area contributed by atoms with Crippen molar-refractivity contribution in [2.45, 2.75) is 17.5 Å². The minimum Gasteiger partial charge on any atom is -0.465 e. The Morgan fingerprint density at radius 1 is 1.25 bits per heavy atom. The first-order valence-electron chi connectivity index (χ1n) is 8.36. The second kappa shape index (κ2) is 5.88. The molecule has 28 heavy (non-hydrogen) atoms. The Labute approximate surface area is 158 Å². The quantitative estimate of drug-likeness (QED) is 0.712. The number of anilines is 1. The molecule has 2 bridgehead atoms. The van der Waals surface area contributed by atoms with Gasteiger partial charge in [0.1, 0.15) is 0 Å². The monoisotopic (exact) mass is 413 g/mol. The highest BCUT2D eigenvalue weighted by Crippen LogP contribution is 2.46. The predicted octanol–water partition coefficient (Wildman–Crippen LogP) is 2.26. The number of benzene rings is 1. The van der Waals surface area contributed by atoms with E-state index >= 15 is 0 Å². The molecule has 0 unspecified atom stereocenters. The van der Waals surface area contributed by atoms with Crippen molar-refractivity contribution < 1.29 is 31.5 Å². The van der Waals surface area contributed by atoms with Gasteiger partial charge < -0.3 is 10.0 Å². The molecule has 5 rings (SSSR count). The summed E-state index contributed by atoms with van der Waals surface area (Å²) < 4.78 is 66.9. The van der Waals surface area contributed by atoms with Gasteiger partial charge in [0.25, 0.3) is 0 Å². The minimum absolute atomic E-state index is 0.0336. The SMILES string of the molecule is N#Cc1ccc(N2C[C@H]3[C@H]([C@H]4C=C[C@@H]3N(C(=O)O)C4)S2(=O)=O)cc1C(F)(F)F. The van der Waals surface area contributed by atoms with E-state index in [1.54, 1.807) is 12.2 Å². The first-order valence-corrected chi connectivity index (χ1v) is 9.87. The van der Waals surface area contributed by atoms with Crippen LogP contribution in [0.15, 0.2) is 30.4 Å². The number of fused-ring (bicyclic) bond motifs is 1. The van der Waals surface area contributed by atoms with E-state index in [0.717, 1.165) is 10.4 Å². The molecule has 1 aliphatic carbocycles. The normalized spacial score (nSPS) is 30.2. The number of carbonyl (C=O) groups is 1. The summed E-state index contributed by atoms with van der Waals surface area (Å²) in [6, 6.07) is 3.61. The minimum atomic E-state index is -4.81. The first kappa shape index (κ1) is 18.6. The largest absolute Gasteiger partial charge is 0.465 e. The molecular formula is C17H14F3N3O4S. The zero-order valence-electron chi connectivity index (χ0n) is 14.2. The summed E-state index contributed by atoms with van der Waals surface area (Å²) in [6.45, 7) is -0.0859. The van der Waals surface area contributed by atoms with Crippen molar-refractivity contribution in [3.63, 3.8) is 0 Å². The van der Waals surface area contributed by atoms with Gasteiger partial charge in [-0.3, -0.25) is 4.31 Å². The van der Waals surface area contributed by atoms with Gasteiger partial charge in [0.05, 0.1) is 34.2 Å². The molecule has 4 atom stereocenters. The van der Waals surface area contributed by atoms with Gasteiger partial charge in [-0.15, -0.1) is 0 Å². The number of nitrogens with zero attached hydrogens (tertiary/aromatic N) is 3. The van der Waals surface area contributed by atoms with Crippen LogP contribution in [0.25, 0.3) is 0 Å². The van der Waals surface area contributed by atoms with Gasteiger partial charge in [-0.2, -0.15) is 18.4 Å². The lowest BCUT2D eigenvalue weighted by atomic mass is 9.77. The lowest BCUT2D eigenvalue weighted by molar-refractivity contribution is -0.137. The van der Waals surface area contributed by atoms with Gasteiger partial charge in [0.15, 0.2) is 0 Å². The lowest BCUT2D eigenvalue weighted by Gasteiger charge is -2.45. The summed E-state index contributed by atoms with van der Waals surface area (Å²) in [5.41, 5.74) is -1.98. The number of alkyl halides is 3. The average Bonchev–Trinajstić information content (AvgIpc) is 2.94. The zero-order valence-corrected chi connectivity index (χ0v) is 15.0. The van der Waals surface area contributed by atoms with Gasteiger partial charge in [-0.05, 0) is 18.2 Å². The van der Waals surface area contributed by atoms with E-state index in [1.165, 1.54) is 17.0 Å². The summed E-state index contributed by atoms with van der Waals surface area (Å²) in [4.78, 5) is 12.6. The molecule has 2 fully saturated rings. The molecule has 1 aromatic carbocycles. The molecule has 2 saturated heterocycles. The van der Waals surface area contributed by atoms with Gasteiger partial charge in [-0.25, -0.2) is 13.2 Å². The van der Waals surface area contributed by atoms with Crippen molar-refractivity contribution >= 4 is 21.8 Å². The van der Waals surface area contributed by atoms with E-state index in [-0.39, 0.29) is 18.8 Å². The molecule has 148 valence electrons. The van der Waals surface area contributed by atoms with Crippen LogP contribution in [0.4, 0.5) is 23.7 Å². The van der Waals surface area contributed by atoms with E-state index in [1.807, 2.05) is 0 Å². The number of hydrogen-bond acceptors (Lipinski definition) is 4. The maximum Gasteiger partial charge on any atom is 0.417 e. The summed E-state index contributed by atoms with van der Waals surface area (Å²) in [6.07, 6.45) is -2.64. The van der Waals surface area contributed by atoms with Crippen molar-refractivity contribution in [3.8, 4) is 6.07 Å². The number of sulfonamides is 1. The Bertz CT molecular complexity index is 1030. The highest BCUT2D eigenvalue weighted by atomic mass is 32.2. The van der Waals surface area contributed by atoms with Crippen LogP contribution in [-0.2, 0) is 16.2 Å². The maximum atomic E-state index is 13.3. The smallest absolute Gasteiger partial charge is 0.417 e. The van der Waals surface area contributed by atoms with E-state index in [0.29, 0.717) is 6.07 Å². The Kier molecular flexibility index (Phi) is 3.91. The van der Waals surface area contributed by atoms with Gasteiger partial charge in [0.2, 0.25) is 10.0 Å². The Balaban J connectivity index is 1.76. The highest BCUT2D eigenvalue weighted by Gasteiger charge is 2.58. The second-order valence-corrected chi connectivity index (χ2v) is 9.03. The molecule has 4 aliphatic rings. The van der Waals surface area contributed by atoms with Crippen LogP contribution in [0, 0.1) is 23.2 Å². The number of rotatable bonds is 1. The van der Waals surface area contributed by atoms with Crippen LogP contribution < -0.4 is 4.31 Å². The molecule has 3 heterocycles. The maximum absolute atomic E-state index is 13.3. The van der Waals surface area contributed by atoms with Gasteiger partial charge in [-0.1, -0.05) is 12.2 Å². The second-order valence-electron chi connectivity index (χ2n) is 7.02. The molecular weight excluding hydrogens is 399 g/mol. The standard InChI is InChI=1S/C17H14F3N3O4S/c18-17(19,20)13-5-11(3-1-9(13)6-21)23-8-12-14-4-2-10(7-22(14)16(24)25)15(12)28(23,26)27/h1-5,10,12,14-15H,7-8H2,(H,24,25)/t10-,12+,14-,15-/m0/s1. The number of amides is 1. The molecule has 0 spiro atoms. The summed E-state index contributed by atoms with van der Waals surface area (Å²) >= 11 is 0. The third-order valence-corrected chi connectivity index (χ3v) is 7.96. The molecule has 1 N–H and O–H groups in total. The summed E-state index contributed by atoms with van der Waals surface area (Å²) in [5.74, 6) is -1.13. The van der Waals surface area contributed by atoms with E-state index in [4.69, 9.17) is 5.26 Å². The Morgan fingerprint density at radius 2 is 1.96 bits per heavy atom. The number of hydrogen-bond donors (Lipinski definition) is 1. The van der Waals surface area contributed by atoms with Crippen molar-refractivity contribution in [2.75, 3.05) is 17.4 Å². The predicted molar refractivity (Wildman–Crippen MR) is 90.9 cm³/mol. The number of halogens is 3. The molecule has 11 heteroatoms. The number of nitriles is 1. The zero-order chi connectivity index (χ0) is 20.4. The average molecular weight is 413 g/mol. The molecule has 1 aromatic rings. The third kappa shape index (κ3) is 2.55. The first-order chi connectivity index (χ1) is 13.1. The Morgan fingerprint density at radius 3 is 2.57 bits per heavy atom. The van der Waals surface area contributed by atoms with E-state index < -0.39 is 56.5 Å². The van der Waals surface area contributed by atoms with Crippen LogP contribution in [0.5, 0.6) is 0 Å². The number of piperidine rings is 1. The van der Waals surface area contributed by atoms with Crippen LogP contribution in [0.1, 0.15) is 11.1 Å². The summed E-state index contributed by atoms with van der Waals surface area (Å²) in [7, 11) is -3.99. The Hall–Kier alpha value is -2.74. The summed E-state index contributed by atoms with van der Waals surface area (Å²) in [5, 5.41) is 17.4. The number of carboxylic acid groups (broad SMARTS) is 1. The van der Waals surface area contributed by atoms with Crippen LogP contribution in [-0.4, -0.2) is 48.9 Å². The van der Waals surface area contributed by atoms with E-state index in [2.05, 4.69) is 0 Å². The molecule has 0 radical (unpaired) electrons. The molecule has 0 saturated carbocycles. The molecule has 1 amide bonds. The van der Waals surface area contributed by atoms with Crippen molar-refractivity contribution in [3.05, 3.63) is 41.5 Å². The molecule has 7 nitrogen and oxygen atoms in total.